The maximum absolute atomic E-state index is 13.6. The van der Waals surface area contributed by atoms with E-state index in [1.54, 1.807) is 0 Å². The lowest BCUT2D eigenvalue weighted by atomic mass is 10.00. The second kappa shape index (κ2) is 6.21. The number of benzene rings is 1. The zero-order chi connectivity index (χ0) is 13.8. The minimum absolute atomic E-state index is 0.0201. The second-order valence-corrected chi connectivity index (χ2v) is 4.76. The number of rotatable bonds is 4. The van der Waals surface area contributed by atoms with Crippen molar-refractivity contribution in [3.63, 3.8) is 0 Å². The van der Waals surface area contributed by atoms with Crippen LogP contribution in [0.1, 0.15) is 24.9 Å². The normalized spacial score (nSPS) is 18.3. The summed E-state index contributed by atoms with van der Waals surface area (Å²) in [6.45, 7) is 5.69. The summed E-state index contributed by atoms with van der Waals surface area (Å²) in [6.07, 6.45) is 0.820. The van der Waals surface area contributed by atoms with Crippen molar-refractivity contribution in [2.45, 2.75) is 19.4 Å². The Kier molecular flexibility index (Phi) is 4.61. The summed E-state index contributed by atoms with van der Waals surface area (Å²) in [5.74, 6) is -0.129. The first-order valence-electron chi connectivity index (χ1n) is 6.68. The minimum Gasteiger partial charge on any atom is -0.504 e. The van der Waals surface area contributed by atoms with Gasteiger partial charge in [-0.2, -0.15) is 0 Å². The smallest absolute Gasteiger partial charge is 0.163 e. The molecule has 4 nitrogen and oxygen atoms in total. The number of halogens is 1. The Bertz CT molecular complexity index is 434. The number of phenols is 1. The molecule has 0 spiro atoms. The van der Waals surface area contributed by atoms with Crippen molar-refractivity contribution >= 4 is 0 Å². The van der Waals surface area contributed by atoms with Crippen LogP contribution in [0.4, 0.5) is 4.39 Å². The Labute approximate surface area is 113 Å². The van der Waals surface area contributed by atoms with Crippen LogP contribution in [0.2, 0.25) is 0 Å². The van der Waals surface area contributed by atoms with E-state index >= 15 is 0 Å². The number of nitrogens with one attached hydrogen (secondary N) is 1. The first-order chi connectivity index (χ1) is 9.17. The highest BCUT2D eigenvalue weighted by atomic mass is 19.1. The highest BCUT2D eigenvalue weighted by molar-refractivity contribution is 5.47. The van der Waals surface area contributed by atoms with Gasteiger partial charge in [0.1, 0.15) is 5.82 Å². The third-order valence-corrected chi connectivity index (χ3v) is 3.63. The quantitative estimate of drug-likeness (QED) is 0.875. The Morgan fingerprint density at radius 2 is 2.11 bits per heavy atom. The van der Waals surface area contributed by atoms with E-state index in [1.807, 2.05) is 6.92 Å². The van der Waals surface area contributed by atoms with Crippen molar-refractivity contribution < 1.29 is 14.2 Å². The average molecular weight is 268 g/mol. The van der Waals surface area contributed by atoms with Crippen LogP contribution in [0, 0.1) is 5.82 Å². The molecule has 0 radical (unpaired) electrons. The van der Waals surface area contributed by atoms with Crippen molar-refractivity contribution in [2.24, 2.45) is 0 Å². The van der Waals surface area contributed by atoms with E-state index in [-0.39, 0.29) is 23.4 Å². The number of phenolic OH excluding ortho intramolecular Hbond substituents is 1. The number of hydrogen-bond donors (Lipinski definition) is 2. The molecule has 1 heterocycles. The second-order valence-electron chi connectivity index (χ2n) is 4.76. The third-order valence-electron chi connectivity index (χ3n) is 3.63. The molecule has 1 aliphatic heterocycles. The summed E-state index contributed by atoms with van der Waals surface area (Å²) < 4.78 is 18.7. The van der Waals surface area contributed by atoms with Gasteiger partial charge in [-0.3, -0.25) is 4.90 Å². The molecule has 1 saturated heterocycles. The van der Waals surface area contributed by atoms with E-state index in [1.165, 1.54) is 19.2 Å². The summed E-state index contributed by atoms with van der Waals surface area (Å²) in [6, 6.07) is 2.64. The summed E-state index contributed by atoms with van der Waals surface area (Å²) in [7, 11) is 1.43. The first kappa shape index (κ1) is 14.1. The lowest BCUT2D eigenvalue weighted by molar-refractivity contribution is 0.166. The zero-order valence-electron chi connectivity index (χ0n) is 11.4. The minimum atomic E-state index is -0.377. The van der Waals surface area contributed by atoms with Crippen LogP contribution in [0.15, 0.2) is 12.1 Å². The van der Waals surface area contributed by atoms with Gasteiger partial charge in [0.15, 0.2) is 11.5 Å². The zero-order valence-corrected chi connectivity index (χ0v) is 11.4. The molecule has 1 aromatic carbocycles. The van der Waals surface area contributed by atoms with Gasteiger partial charge in [-0.1, -0.05) is 6.92 Å². The molecule has 0 saturated carbocycles. The predicted molar refractivity (Wildman–Crippen MR) is 72.1 cm³/mol. The number of methoxy groups -OCH3 is 1. The maximum atomic E-state index is 13.6. The largest absolute Gasteiger partial charge is 0.504 e. The number of hydrogen-bond acceptors (Lipinski definition) is 4. The molecular weight excluding hydrogens is 247 g/mol. The predicted octanol–water partition coefficient (Wildman–Crippen LogP) is 1.90. The maximum Gasteiger partial charge on any atom is 0.163 e. The summed E-state index contributed by atoms with van der Waals surface area (Å²) in [5, 5.41) is 13.5. The van der Waals surface area contributed by atoms with E-state index in [0.29, 0.717) is 5.56 Å². The highest BCUT2D eigenvalue weighted by Gasteiger charge is 2.25. The monoisotopic (exact) mass is 268 g/mol. The SMILES string of the molecule is CC[C@H](c1cc(F)cc(OC)c1O)N1CCNCC1. The van der Waals surface area contributed by atoms with Gasteiger partial charge in [0.05, 0.1) is 7.11 Å². The molecule has 1 atom stereocenters. The van der Waals surface area contributed by atoms with Gasteiger partial charge in [0, 0.05) is 43.9 Å². The van der Waals surface area contributed by atoms with Crippen molar-refractivity contribution in [3.8, 4) is 11.5 Å². The molecule has 1 aliphatic rings. The van der Waals surface area contributed by atoms with Gasteiger partial charge in [0.2, 0.25) is 0 Å². The number of ether oxygens (including phenoxy) is 1. The van der Waals surface area contributed by atoms with Gasteiger partial charge >= 0.3 is 0 Å². The molecule has 1 fully saturated rings. The van der Waals surface area contributed by atoms with Crippen LogP contribution < -0.4 is 10.1 Å². The van der Waals surface area contributed by atoms with Crippen LogP contribution in [0.5, 0.6) is 11.5 Å². The van der Waals surface area contributed by atoms with Crippen LogP contribution >= 0.6 is 0 Å². The number of nitrogens with zero attached hydrogens (tertiary/aromatic N) is 1. The van der Waals surface area contributed by atoms with E-state index in [9.17, 15) is 9.50 Å². The van der Waals surface area contributed by atoms with Gasteiger partial charge in [0.25, 0.3) is 0 Å². The Morgan fingerprint density at radius 3 is 2.68 bits per heavy atom. The van der Waals surface area contributed by atoms with Gasteiger partial charge < -0.3 is 15.2 Å². The molecule has 1 aromatic rings. The summed E-state index contributed by atoms with van der Waals surface area (Å²) >= 11 is 0. The van der Waals surface area contributed by atoms with Crippen LogP contribution in [-0.2, 0) is 0 Å². The first-order valence-corrected chi connectivity index (χ1v) is 6.68. The summed E-state index contributed by atoms with van der Waals surface area (Å²) in [4.78, 5) is 2.27. The fourth-order valence-corrected chi connectivity index (χ4v) is 2.67. The van der Waals surface area contributed by atoms with Gasteiger partial charge in [-0.15, -0.1) is 0 Å². The van der Waals surface area contributed by atoms with Crippen LogP contribution in [0.3, 0.4) is 0 Å². The van der Waals surface area contributed by atoms with E-state index in [0.717, 1.165) is 32.6 Å². The number of piperazine rings is 1. The fourth-order valence-electron chi connectivity index (χ4n) is 2.67. The molecule has 106 valence electrons. The molecule has 5 heteroatoms. The van der Waals surface area contributed by atoms with E-state index < -0.39 is 0 Å². The van der Waals surface area contributed by atoms with Crippen molar-refractivity contribution in [2.75, 3.05) is 33.3 Å². The van der Waals surface area contributed by atoms with Crippen LogP contribution in [0.25, 0.3) is 0 Å². The molecule has 0 bridgehead atoms. The lowest BCUT2D eigenvalue weighted by Crippen LogP contribution is -2.45. The Hall–Kier alpha value is -1.33. The topological polar surface area (TPSA) is 44.7 Å². The summed E-state index contributed by atoms with van der Waals surface area (Å²) in [5.41, 5.74) is 0.612. The molecule has 2 N–H and O–H groups in total. The third kappa shape index (κ3) is 2.98. The van der Waals surface area contributed by atoms with Gasteiger partial charge in [-0.05, 0) is 12.5 Å². The lowest BCUT2D eigenvalue weighted by Gasteiger charge is -2.35. The van der Waals surface area contributed by atoms with E-state index in [2.05, 4.69) is 10.2 Å². The van der Waals surface area contributed by atoms with Crippen LogP contribution in [-0.4, -0.2) is 43.3 Å². The standard InChI is InChI=1S/C14H21FN2O2/c1-3-12(17-6-4-16-5-7-17)11-8-10(15)9-13(19-2)14(11)18/h8-9,12,16,18H,3-7H2,1-2H3/t12-/m1/s1. The molecule has 0 unspecified atom stereocenters. The molecule has 19 heavy (non-hydrogen) atoms. The highest BCUT2D eigenvalue weighted by Crippen LogP contribution is 2.38. The fraction of sp³-hybridized carbons (Fsp3) is 0.571. The van der Waals surface area contributed by atoms with Crippen molar-refractivity contribution in [1.82, 2.24) is 10.2 Å². The number of aromatic hydroxyl groups is 1. The molecule has 0 amide bonds. The van der Waals surface area contributed by atoms with Crippen molar-refractivity contribution in [3.05, 3.63) is 23.5 Å². The van der Waals surface area contributed by atoms with Crippen molar-refractivity contribution in [1.29, 1.82) is 0 Å². The molecule has 2 rings (SSSR count). The molecule has 0 aliphatic carbocycles. The Balaban J connectivity index is 2.34. The average Bonchev–Trinajstić information content (AvgIpc) is 2.44. The Morgan fingerprint density at radius 1 is 1.42 bits per heavy atom. The molecule has 0 aromatic heterocycles. The van der Waals surface area contributed by atoms with Gasteiger partial charge in [-0.25, -0.2) is 4.39 Å². The van der Waals surface area contributed by atoms with E-state index in [4.69, 9.17) is 4.74 Å². The molecular formula is C14H21FN2O2.